The van der Waals surface area contributed by atoms with Gasteiger partial charge in [0.25, 0.3) is 0 Å². The molecule has 7 aromatic rings. The summed E-state index contributed by atoms with van der Waals surface area (Å²) in [6.07, 6.45) is -7.51. The second-order valence-corrected chi connectivity index (χ2v) is 21.9. The Bertz CT molecular complexity index is 3480. The summed E-state index contributed by atoms with van der Waals surface area (Å²) < 4.78 is 56.7. The van der Waals surface area contributed by atoms with Crippen LogP contribution in [0.4, 0.5) is 0 Å². The van der Waals surface area contributed by atoms with E-state index in [1.165, 1.54) is 0 Å². The van der Waals surface area contributed by atoms with Crippen molar-refractivity contribution in [3.8, 4) is 0 Å². The van der Waals surface area contributed by atoms with Gasteiger partial charge in [0.15, 0.2) is 0 Å². The van der Waals surface area contributed by atoms with Crippen molar-refractivity contribution >= 4 is 35.8 Å². The van der Waals surface area contributed by atoms with Crippen molar-refractivity contribution in [2.24, 2.45) is 0 Å². The van der Waals surface area contributed by atoms with E-state index >= 15 is 0 Å². The Morgan fingerprint density at radius 2 is 0.571 bits per heavy atom. The molecule has 3 fully saturated rings. The first-order valence-electron chi connectivity index (χ1n) is 28.1. The third kappa shape index (κ3) is 14.3. The largest absolute Gasteiger partial charge is 0.459 e. The molecule has 0 radical (unpaired) electrons. The first kappa shape index (κ1) is 58.4. The second-order valence-electron chi connectivity index (χ2n) is 21.9. The number of esters is 6. The third-order valence-electron chi connectivity index (χ3n) is 15.4. The van der Waals surface area contributed by atoms with E-state index in [0.717, 1.165) is 33.4 Å². The van der Waals surface area contributed by atoms with Crippen molar-refractivity contribution in [2.75, 3.05) is 19.8 Å². The lowest BCUT2D eigenvalue weighted by Gasteiger charge is -2.23. The van der Waals surface area contributed by atoms with Gasteiger partial charge in [-0.15, -0.1) is 0 Å². The molecule has 3 saturated heterocycles. The van der Waals surface area contributed by atoms with Crippen molar-refractivity contribution in [1.82, 2.24) is 0 Å². The predicted molar refractivity (Wildman–Crippen MR) is 309 cm³/mol. The molecule has 0 spiro atoms. The van der Waals surface area contributed by atoms with Crippen molar-refractivity contribution in [3.05, 3.63) is 247 Å². The zero-order chi connectivity index (χ0) is 59.0. The summed E-state index contributed by atoms with van der Waals surface area (Å²) >= 11 is 0. The van der Waals surface area contributed by atoms with E-state index in [4.69, 9.17) is 42.6 Å². The van der Waals surface area contributed by atoms with Crippen LogP contribution in [-0.4, -0.2) is 92.3 Å². The molecule has 84 heavy (non-hydrogen) atoms. The number of rotatable bonds is 18. The Hall–Kier alpha value is -8.76. The van der Waals surface area contributed by atoms with Crippen LogP contribution in [0.3, 0.4) is 0 Å². The van der Waals surface area contributed by atoms with E-state index < -0.39 is 90.8 Å². The maximum Gasteiger partial charge on any atom is 0.338 e. The van der Waals surface area contributed by atoms with Crippen molar-refractivity contribution in [3.63, 3.8) is 0 Å². The van der Waals surface area contributed by atoms with Crippen LogP contribution in [0.2, 0.25) is 0 Å². The van der Waals surface area contributed by atoms with Gasteiger partial charge in [-0.2, -0.15) is 0 Å². The van der Waals surface area contributed by atoms with E-state index in [1.807, 2.05) is 133 Å². The highest BCUT2D eigenvalue weighted by molar-refractivity contribution is 5.92. The Labute approximate surface area is 488 Å². The minimum Gasteiger partial charge on any atom is -0.459 e. The molecule has 0 saturated carbocycles. The molecule has 0 bridgehead atoms. The maximum atomic E-state index is 14.0. The predicted octanol–water partition coefficient (Wildman–Crippen LogP) is 12.3. The minimum atomic E-state index is -0.960. The Morgan fingerprint density at radius 3 is 0.869 bits per heavy atom. The summed E-state index contributed by atoms with van der Waals surface area (Å²) in [5, 5.41) is 0. The summed E-state index contributed by atoms with van der Waals surface area (Å²) in [5.74, 6) is -3.53. The molecule has 0 aliphatic carbocycles. The number of hydrogen-bond donors (Lipinski definition) is 0. The molecule has 9 atom stereocenters. The molecule has 15 nitrogen and oxygen atoms in total. The number of hydrogen-bond acceptors (Lipinski definition) is 15. The maximum absolute atomic E-state index is 14.0. The quantitative estimate of drug-likeness (QED) is 0.0583. The standard InChI is InChI=1S/C69H66O15/c1-40-7-19-46(20-8-40)64(70)76-37-61-58(82-67(73)49-25-13-43(4)14-26-49)34-55(79-61)52-31-32-53(56-35-59(83-68(74)50-27-15-44(5)16-28-50)62(80-56)38-77-65(71)47-21-9-41(2)10-22-47)54(33-52)57-36-60(84-69(75)51-29-17-45(6)18-30-51)63(81-57)39-78-66(72)48-23-11-42(3)12-24-48/h7-33,55-63H,34-39H2,1-6H3/t55-,56-,57-,58-,59-,60-,61+,62+,63+/m0/s1. The lowest BCUT2D eigenvalue weighted by atomic mass is 9.90. The number of ether oxygens (including phenoxy) is 9. The van der Waals surface area contributed by atoms with Crippen LogP contribution in [0.15, 0.2) is 164 Å². The topological polar surface area (TPSA) is 185 Å². The van der Waals surface area contributed by atoms with E-state index in [1.54, 1.807) is 72.8 Å². The van der Waals surface area contributed by atoms with Crippen LogP contribution < -0.4 is 0 Å². The highest BCUT2D eigenvalue weighted by atomic mass is 16.6. The number of carbonyl (C=O) groups is 6. The number of aryl methyl sites for hydroxylation is 6. The van der Waals surface area contributed by atoms with Crippen LogP contribution >= 0.6 is 0 Å². The monoisotopic (exact) mass is 1130 g/mol. The molecule has 432 valence electrons. The van der Waals surface area contributed by atoms with E-state index in [0.29, 0.717) is 50.1 Å². The normalized spacial score (nSPS) is 21.7. The van der Waals surface area contributed by atoms with Gasteiger partial charge < -0.3 is 42.6 Å². The summed E-state index contributed by atoms with van der Waals surface area (Å²) in [4.78, 5) is 82.0. The zero-order valence-corrected chi connectivity index (χ0v) is 47.7. The van der Waals surface area contributed by atoms with E-state index in [2.05, 4.69) is 0 Å². The molecule has 0 amide bonds. The number of benzene rings is 7. The molecule has 0 aromatic heterocycles. The average Bonchev–Trinajstić information content (AvgIpc) is 3.30. The summed E-state index contributed by atoms with van der Waals surface area (Å²) in [7, 11) is 0. The van der Waals surface area contributed by atoms with Gasteiger partial charge in [0.2, 0.25) is 0 Å². The summed E-state index contributed by atoms with van der Waals surface area (Å²) in [6.45, 7) is 10.7. The van der Waals surface area contributed by atoms with Gasteiger partial charge in [0.1, 0.15) is 56.4 Å². The first-order valence-corrected chi connectivity index (χ1v) is 28.1. The Morgan fingerprint density at radius 1 is 0.321 bits per heavy atom. The first-order chi connectivity index (χ1) is 40.5. The SMILES string of the molecule is Cc1ccc(C(=O)OC[C@H]2O[C@H](c3ccc([C@@H]4C[C@H](OC(=O)c5ccc(C)cc5)[C@@H](COC(=O)c5ccc(C)cc5)O4)c([C@@H]4C[C@H](OC(=O)c5ccc(C)cc5)[C@@H](COC(=O)c5ccc(C)cc5)O4)c3)C[C@@H]2OC(=O)c2ccc(C)cc2)cc1. The van der Waals surface area contributed by atoms with Crippen LogP contribution in [-0.2, 0) is 42.6 Å². The minimum absolute atomic E-state index is 0.0941. The third-order valence-corrected chi connectivity index (χ3v) is 15.4. The fraction of sp³-hybridized carbons (Fsp3) is 0.304. The zero-order valence-electron chi connectivity index (χ0n) is 47.7. The molecule has 3 aliphatic rings. The average molecular weight is 1140 g/mol. The highest BCUT2D eigenvalue weighted by Crippen LogP contribution is 2.46. The molecule has 0 unspecified atom stereocenters. The van der Waals surface area contributed by atoms with Crippen LogP contribution in [0.1, 0.15) is 150 Å². The van der Waals surface area contributed by atoms with Crippen LogP contribution in [0.5, 0.6) is 0 Å². The van der Waals surface area contributed by atoms with Gasteiger partial charge in [-0.3, -0.25) is 0 Å². The van der Waals surface area contributed by atoms with Crippen LogP contribution in [0, 0.1) is 41.5 Å². The molecule has 10 rings (SSSR count). The van der Waals surface area contributed by atoms with E-state index in [-0.39, 0.29) is 39.1 Å². The lowest BCUT2D eigenvalue weighted by molar-refractivity contribution is -0.0474. The van der Waals surface area contributed by atoms with Gasteiger partial charge in [0.05, 0.1) is 51.7 Å². The van der Waals surface area contributed by atoms with E-state index in [9.17, 15) is 28.8 Å². The van der Waals surface area contributed by atoms with Gasteiger partial charge in [-0.05, 0) is 131 Å². The Kier molecular flexibility index (Phi) is 18.2. The van der Waals surface area contributed by atoms with Gasteiger partial charge in [0, 0.05) is 19.3 Å². The van der Waals surface area contributed by atoms with Crippen LogP contribution in [0.25, 0.3) is 0 Å². The Balaban J connectivity index is 0.994. The summed E-state index contributed by atoms with van der Waals surface area (Å²) in [6, 6.07) is 47.5. The van der Waals surface area contributed by atoms with Gasteiger partial charge in [-0.25, -0.2) is 28.8 Å². The number of carbonyl (C=O) groups excluding carboxylic acids is 6. The van der Waals surface area contributed by atoms with Crippen molar-refractivity contribution in [2.45, 2.75) is 116 Å². The fourth-order valence-electron chi connectivity index (χ4n) is 10.4. The van der Waals surface area contributed by atoms with Gasteiger partial charge in [-0.1, -0.05) is 124 Å². The lowest BCUT2D eigenvalue weighted by Crippen LogP contribution is -2.32. The highest BCUT2D eigenvalue weighted by Gasteiger charge is 2.46. The molecule has 0 N–H and O–H groups in total. The molecule has 15 heteroatoms. The summed E-state index contributed by atoms with van der Waals surface area (Å²) in [5.41, 5.74) is 9.59. The van der Waals surface area contributed by atoms with Crippen molar-refractivity contribution < 1.29 is 71.4 Å². The second kappa shape index (κ2) is 26.2. The molecule has 3 heterocycles. The smallest absolute Gasteiger partial charge is 0.338 e. The van der Waals surface area contributed by atoms with Gasteiger partial charge >= 0.3 is 35.8 Å². The molecule has 3 aliphatic heterocycles. The molecular formula is C69H66O15. The molecule has 7 aromatic carbocycles. The van der Waals surface area contributed by atoms with Crippen molar-refractivity contribution in [1.29, 1.82) is 0 Å². The fourth-order valence-corrected chi connectivity index (χ4v) is 10.4. The molecular weight excluding hydrogens is 1070 g/mol.